The van der Waals surface area contributed by atoms with Crippen LogP contribution in [0.2, 0.25) is 0 Å². The minimum absolute atomic E-state index is 0. The molecule has 0 amide bonds. The van der Waals surface area contributed by atoms with E-state index in [2.05, 4.69) is 35.8 Å². The van der Waals surface area contributed by atoms with Crippen LogP contribution in [0, 0.1) is 0 Å². The molecular weight excluding hydrogens is 382 g/mol. The van der Waals surface area contributed by atoms with Gasteiger partial charge in [-0.05, 0) is 59.7 Å². The predicted octanol–water partition coefficient (Wildman–Crippen LogP) is 4.90. The minimum atomic E-state index is 0. The molecule has 0 aromatic rings. The van der Waals surface area contributed by atoms with E-state index in [4.69, 9.17) is 0 Å². The van der Waals surface area contributed by atoms with E-state index in [0.717, 1.165) is 36.3 Å². The minimum Gasteiger partial charge on any atom is -0.297 e. The number of likely N-dealkylation sites (N-methyl/N-ethyl adjacent to an activating group) is 3. The van der Waals surface area contributed by atoms with Gasteiger partial charge in [-0.25, -0.2) is 0 Å². The fourth-order valence-electron chi connectivity index (χ4n) is 6.91. The molecule has 0 spiro atoms. The Morgan fingerprint density at radius 1 is 0.393 bits per heavy atom. The van der Waals surface area contributed by atoms with E-state index in [0.29, 0.717) is 0 Å². The Hall–Kier alpha value is 0.412. The van der Waals surface area contributed by atoms with Crippen molar-refractivity contribution in [1.29, 1.82) is 0 Å². The molecule has 4 fully saturated rings. The Labute approximate surface area is 185 Å². The molecule has 0 bridgehead atoms. The molecule has 0 saturated heterocycles. The van der Waals surface area contributed by atoms with Gasteiger partial charge in [0.25, 0.3) is 0 Å². The van der Waals surface area contributed by atoms with Gasteiger partial charge in [-0.3, -0.25) is 14.7 Å². The molecule has 28 heavy (non-hydrogen) atoms. The third-order valence-electron chi connectivity index (χ3n) is 8.77. The molecule has 0 aromatic carbocycles. The van der Waals surface area contributed by atoms with E-state index in [1.54, 1.807) is 0 Å². The molecule has 4 aliphatic rings. The van der Waals surface area contributed by atoms with Gasteiger partial charge in [-0.2, -0.15) is 0 Å². The summed E-state index contributed by atoms with van der Waals surface area (Å²) in [7, 11) is 7.41. The largest absolute Gasteiger partial charge is 0.297 e. The van der Waals surface area contributed by atoms with E-state index in [9.17, 15) is 0 Å². The fourth-order valence-corrected chi connectivity index (χ4v) is 6.91. The van der Waals surface area contributed by atoms with Gasteiger partial charge in [0, 0.05) is 53.6 Å². The summed E-state index contributed by atoms with van der Waals surface area (Å²) < 4.78 is 0. The van der Waals surface area contributed by atoms with Crippen molar-refractivity contribution < 1.29 is 17.4 Å². The topological polar surface area (TPSA) is 9.72 Å². The Morgan fingerprint density at radius 2 is 0.607 bits per heavy atom. The second-order valence-electron chi connectivity index (χ2n) is 10.3. The number of hydrogen-bond acceptors (Lipinski definition) is 3. The van der Waals surface area contributed by atoms with E-state index in [1.165, 1.54) is 96.3 Å². The zero-order chi connectivity index (χ0) is 18.8. The van der Waals surface area contributed by atoms with Crippen LogP contribution < -0.4 is 0 Å². The van der Waals surface area contributed by atoms with E-state index in [1.807, 2.05) is 0 Å². The molecule has 0 N–H and O–H groups in total. The van der Waals surface area contributed by atoms with Gasteiger partial charge >= 0.3 is 0 Å². The number of rotatable bonds is 6. The first-order valence-electron chi connectivity index (χ1n) is 12.3. The Morgan fingerprint density at radius 3 is 0.821 bits per heavy atom. The normalized spacial score (nSPS) is 33.4. The summed E-state index contributed by atoms with van der Waals surface area (Å²) in [6.07, 6.45) is 21.7. The van der Waals surface area contributed by atoms with Crippen LogP contribution in [-0.4, -0.2) is 72.1 Å². The first-order valence-corrected chi connectivity index (χ1v) is 12.3. The summed E-state index contributed by atoms with van der Waals surface area (Å²) in [5.74, 6) is 0. The van der Waals surface area contributed by atoms with Gasteiger partial charge in [0.05, 0.1) is 0 Å². The van der Waals surface area contributed by atoms with Crippen LogP contribution in [0.25, 0.3) is 0 Å². The quantitative estimate of drug-likeness (QED) is 0.597. The van der Waals surface area contributed by atoms with Gasteiger partial charge < -0.3 is 0 Å². The Bertz CT molecular complexity index is 382. The maximum Gasteiger partial charge on any atom is 0.0438 e. The summed E-state index contributed by atoms with van der Waals surface area (Å²) >= 11 is 0. The average molecular weight is 428 g/mol. The fraction of sp³-hybridized carbons (Fsp3) is 1.00. The van der Waals surface area contributed by atoms with Crippen molar-refractivity contribution in [3.8, 4) is 0 Å². The Kier molecular flexibility index (Phi) is 8.76. The first-order chi connectivity index (χ1) is 13.2. The maximum absolute atomic E-state index is 2.84. The van der Waals surface area contributed by atoms with Gasteiger partial charge in [0.1, 0.15) is 0 Å². The molecule has 0 aliphatic heterocycles. The molecule has 0 atom stereocenters. The monoisotopic (exact) mass is 427 g/mol. The molecule has 4 aliphatic carbocycles. The third kappa shape index (κ3) is 5.00. The standard InChI is InChI=1S/C24H45N3.Cr/c1-25(19-13-7-4-8-14-19)22-23(26(2)20-15-9-5-10-16-20)24(22)27(3)21-17-11-6-12-18-21;/h19-24H,4-18H2,1-3H3;. The SMILES string of the molecule is CN(C1CCCCC1)C1C(N(C)C2CCCCC2)C1N(C)C1CCCCC1.[Cr]. The van der Waals surface area contributed by atoms with Crippen molar-refractivity contribution in [2.24, 2.45) is 0 Å². The van der Waals surface area contributed by atoms with Gasteiger partial charge in [0.2, 0.25) is 0 Å². The molecule has 0 radical (unpaired) electrons. The van der Waals surface area contributed by atoms with E-state index < -0.39 is 0 Å². The summed E-state index contributed by atoms with van der Waals surface area (Å²) in [5, 5.41) is 0. The summed E-state index contributed by atoms with van der Waals surface area (Å²) in [6, 6.07) is 4.84. The summed E-state index contributed by atoms with van der Waals surface area (Å²) in [4.78, 5) is 8.52. The van der Waals surface area contributed by atoms with Crippen LogP contribution in [-0.2, 0) is 17.4 Å². The molecule has 0 aromatic heterocycles. The van der Waals surface area contributed by atoms with Crippen LogP contribution in [0.15, 0.2) is 0 Å². The molecule has 4 saturated carbocycles. The summed E-state index contributed by atoms with van der Waals surface area (Å²) in [6.45, 7) is 0. The summed E-state index contributed by atoms with van der Waals surface area (Å²) in [5.41, 5.74) is 0. The van der Waals surface area contributed by atoms with E-state index >= 15 is 0 Å². The molecule has 0 heterocycles. The van der Waals surface area contributed by atoms with Crippen molar-refractivity contribution >= 4 is 0 Å². The third-order valence-corrected chi connectivity index (χ3v) is 8.77. The maximum atomic E-state index is 2.84. The number of hydrogen-bond donors (Lipinski definition) is 0. The predicted molar refractivity (Wildman–Crippen MR) is 115 cm³/mol. The second-order valence-corrected chi connectivity index (χ2v) is 10.3. The van der Waals surface area contributed by atoms with Gasteiger partial charge in [-0.1, -0.05) is 57.8 Å². The van der Waals surface area contributed by atoms with Gasteiger partial charge in [0.15, 0.2) is 0 Å². The van der Waals surface area contributed by atoms with E-state index in [-0.39, 0.29) is 17.4 Å². The molecule has 162 valence electrons. The van der Waals surface area contributed by atoms with Crippen LogP contribution in [0.1, 0.15) is 96.3 Å². The van der Waals surface area contributed by atoms with Crippen molar-refractivity contribution in [1.82, 2.24) is 14.7 Å². The smallest absolute Gasteiger partial charge is 0.0438 e. The Balaban J connectivity index is 0.00000225. The number of nitrogens with zero attached hydrogens (tertiary/aromatic N) is 3. The van der Waals surface area contributed by atoms with Crippen molar-refractivity contribution in [2.45, 2.75) is 133 Å². The molecule has 3 nitrogen and oxygen atoms in total. The van der Waals surface area contributed by atoms with Crippen LogP contribution in [0.3, 0.4) is 0 Å². The van der Waals surface area contributed by atoms with Crippen LogP contribution >= 0.6 is 0 Å². The molecule has 4 rings (SSSR count). The van der Waals surface area contributed by atoms with Crippen LogP contribution in [0.4, 0.5) is 0 Å². The molecule has 0 unspecified atom stereocenters. The zero-order valence-electron chi connectivity index (χ0n) is 18.8. The average Bonchev–Trinajstić information content (AvgIpc) is 3.49. The molecular formula is C24H45CrN3. The zero-order valence-corrected chi connectivity index (χ0v) is 20.1. The van der Waals surface area contributed by atoms with Crippen LogP contribution in [0.5, 0.6) is 0 Å². The molecule has 4 heteroatoms. The van der Waals surface area contributed by atoms with Crippen molar-refractivity contribution in [3.63, 3.8) is 0 Å². The second kappa shape index (κ2) is 10.6. The van der Waals surface area contributed by atoms with Crippen molar-refractivity contribution in [3.05, 3.63) is 0 Å². The van der Waals surface area contributed by atoms with Crippen molar-refractivity contribution in [2.75, 3.05) is 21.1 Å². The van der Waals surface area contributed by atoms with Gasteiger partial charge in [-0.15, -0.1) is 0 Å². The first kappa shape index (κ1) is 23.1.